The normalized spacial score (nSPS) is 18.6. The number of aromatic nitrogens is 2. The zero-order valence-electron chi connectivity index (χ0n) is 10.9. The Kier molecular flexibility index (Phi) is 3.56. The third kappa shape index (κ3) is 2.64. The zero-order valence-corrected chi connectivity index (χ0v) is 10.9. The Bertz CT molecular complexity index is 416. The number of ether oxygens (including phenoxy) is 1. The number of nitrogens with two attached hydrogens (primary N) is 1. The Labute approximate surface area is 106 Å². The highest BCUT2D eigenvalue weighted by Crippen LogP contribution is 2.28. The number of hydrogen-bond acceptors (Lipinski definition) is 4. The molecule has 6 nitrogen and oxygen atoms in total. The lowest BCUT2D eigenvalue weighted by Crippen LogP contribution is -2.39. The average molecular weight is 252 g/mol. The molecule has 1 saturated heterocycles. The van der Waals surface area contributed by atoms with Crippen molar-refractivity contribution >= 4 is 11.7 Å². The largest absolute Gasteiger partial charge is 0.382 e. The van der Waals surface area contributed by atoms with Gasteiger partial charge in [-0.2, -0.15) is 5.10 Å². The van der Waals surface area contributed by atoms with Gasteiger partial charge in [-0.3, -0.25) is 9.89 Å². The molecule has 0 saturated carbocycles. The standard InChI is InChI=1S/C12H20N4O2/c1-8-9(10(13)16-15-8)11(17)14-7-12(2)3-5-18-6-4-12/h3-7H2,1-2H3,(H,14,17)(H3,13,15,16). The van der Waals surface area contributed by atoms with Crippen LogP contribution >= 0.6 is 0 Å². The summed E-state index contributed by atoms with van der Waals surface area (Å²) < 4.78 is 5.33. The van der Waals surface area contributed by atoms with Crippen LogP contribution in [-0.4, -0.2) is 35.9 Å². The van der Waals surface area contributed by atoms with Crippen LogP contribution in [-0.2, 0) is 4.74 Å². The SMILES string of the molecule is Cc1[nH]nc(N)c1C(=O)NCC1(C)CCOCC1. The molecular weight excluding hydrogens is 232 g/mol. The van der Waals surface area contributed by atoms with Gasteiger partial charge in [0, 0.05) is 25.5 Å². The van der Waals surface area contributed by atoms with Crippen molar-refractivity contribution in [2.24, 2.45) is 5.41 Å². The van der Waals surface area contributed by atoms with Gasteiger partial charge in [-0.15, -0.1) is 0 Å². The molecule has 0 aliphatic carbocycles. The lowest BCUT2D eigenvalue weighted by molar-refractivity contribution is 0.0238. The minimum absolute atomic E-state index is 0.111. The zero-order chi connectivity index (χ0) is 13.2. The molecule has 100 valence electrons. The van der Waals surface area contributed by atoms with Crippen LogP contribution in [0.15, 0.2) is 0 Å². The predicted molar refractivity (Wildman–Crippen MR) is 68.2 cm³/mol. The third-order valence-electron chi connectivity index (χ3n) is 3.58. The molecule has 2 rings (SSSR count). The summed E-state index contributed by atoms with van der Waals surface area (Å²) in [5.74, 6) is 0.0913. The Morgan fingerprint density at radius 3 is 2.78 bits per heavy atom. The molecule has 0 atom stereocenters. The van der Waals surface area contributed by atoms with E-state index in [2.05, 4.69) is 22.4 Å². The summed E-state index contributed by atoms with van der Waals surface area (Å²) in [5.41, 5.74) is 6.92. The van der Waals surface area contributed by atoms with Crippen LogP contribution in [0.1, 0.15) is 35.8 Å². The van der Waals surface area contributed by atoms with Gasteiger partial charge in [0.25, 0.3) is 5.91 Å². The maximum atomic E-state index is 12.0. The first kappa shape index (κ1) is 12.9. The molecule has 1 aromatic heterocycles. The number of H-pyrrole nitrogens is 1. The van der Waals surface area contributed by atoms with E-state index in [1.54, 1.807) is 6.92 Å². The molecule has 1 amide bonds. The predicted octanol–water partition coefficient (Wildman–Crippen LogP) is 0.847. The van der Waals surface area contributed by atoms with Crippen LogP contribution in [0.5, 0.6) is 0 Å². The molecule has 1 aliphatic rings. The molecular formula is C12H20N4O2. The molecule has 0 spiro atoms. The molecule has 1 aromatic rings. The van der Waals surface area contributed by atoms with Gasteiger partial charge in [0.05, 0.1) is 0 Å². The lowest BCUT2D eigenvalue weighted by Gasteiger charge is -2.33. The van der Waals surface area contributed by atoms with Gasteiger partial charge in [0.1, 0.15) is 5.56 Å². The molecule has 0 unspecified atom stereocenters. The van der Waals surface area contributed by atoms with Gasteiger partial charge in [0.2, 0.25) is 0 Å². The van der Waals surface area contributed by atoms with Crippen molar-refractivity contribution in [1.82, 2.24) is 15.5 Å². The van der Waals surface area contributed by atoms with Gasteiger partial charge in [-0.25, -0.2) is 0 Å². The summed E-state index contributed by atoms with van der Waals surface area (Å²) in [6, 6.07) is 0. The molecule has 0 radical (unpaired) electrons. The number of aromatic amines is 1. The minimum atomic E-state index is -0.161. The van der Waals surface area contributed by atoms with Crippen LogP contribution in [0, 0.1) is 12.3 Å². The van der Waals surface area contributed by atoms with Crippen LogP contribution in [0.4, 0.5) is 5.82 Å². The molecule has 0 bridgehead atoms. The summed E-state index contributed by atoms with van der Waals surface area (Å²) >= 11 is 0. The number of rotatable bonds is 3. The Morgan fingerprint density at radius 2 is 2.22 bits per heavy atom. The lowest BCUT2D eigenvalue weighted by atomic mass is 9.82. The molecule has 6 heteroatoms. The first-order chi connectivity index (χ1) is 8.52. The number of hydrogen-bond donors (Lipinski definition) is 3. The van der Waals surface area contributed by atoms with Crippen molar-refractivity contribution in [3.8, 4) is 0 Å². The van der Waals surface area contributed by atoms with Crippen LogP contribution in [0.25, 0.3) is 0 Å². The smallest absolute Gasteiger partial charge is 0.256 e. The number of nitrogens with one attached hydrogen (secondary N) is 2. The van der Waals surface area contributed by atoms with Crippen molar-refractivity contribution < 1.29 is 9.53 Å². The van der Waals surface area contributed by atoms with Crippen molar-refractivity contribution in [3.63, 3.8) is 0 Å². The average Bonchev–Trinajstić information content (AvgIpc) is 2.67. The fourth-order valence-corrected chi connectivity index (χ4v) is 2.16. The first-order valence-electron chi connectivity index (χ1n) is 6.18. The van der Waals surface area contributed by atoms with Gasteiger partial charge < -0.3 is 15.8 Å². The van der Waals surface area contributed by atoms with E-state index in [1.165, 1.54) is 0 Å². The second-order valence-electron chi connectivity index (χ2n) is 5.21. The van der Waals surface area contributed by atoms with Crippen LogP contribution < -0.4 is 11.1 Å². The number of nitrogen functional groups attached to an aromatic ring is 1. The van der Waals surface area contributed by atoms with E-state index < -0.39 is 0 Å². The van der Waals surface area contributed by atoms with E-state index in [0.717, 1.165) is 26.1 Å². The Balaban J connectivity index is 1.96. The van der Waals surface area contributed by atoms with E-state index in [-0.39, 0.29) is 17.1 Å². The number of aryl methyl sites for hydroxylation is 1. The molecule has 18 heavy (non-hydrogen) atoms. The maximum absolute atomic E-state index is 12.0. The summed E-state index contributed by atoms with van der Waals surface area (Å²) in [5, 5.41) is 9.47. The topological polar surface area (TPSA) is 93.0 Å². The number of carbonyl (C=O) groups is 1. The number of nitrogens with zero attached hydrogens (tertiary/aromatic N) is 1. The fourth-order valence-electron chi connectivity index (χ4n) is 2.16. The van der Waals surface area contributed by atoms with Gasteiger partial charge >= 0.3 is 0 Å². The molecule has 0 aromatic carbocycles. The highest BCUT2D eigenvalue weighted by atomic mass is 16.5. The summed E-state index contributed by atoms with van der Waals surface area (Å²) in [4.78, 5) is 12.0. The molecule has 1 fully saturated rings. The van der Waals surface area contributed by atoms with Crippen molar-refractivity contribution in [2.45, 2.75) is 26.7 Å². The highest BCUT2D eigenvalue weighted by molar-refractivity contribution is 5.99. The second kappa shape index (κ2) is 4.97. The fraction of sp³-hybridized carbons (Fsp3) is 0.667. The second-order valence-corrected chi connectivity index (χ2v) is 5.21. The highest BCUT2D eigenvalue weighted by Gasteiger charge is 2.28. The van der Waals surface area contributed by atoms with Gasteiger partial charge in [-0.05, 0) is 25.2 Å². The van der Waals surface area contributed by atoms with E-state index in [0.29, 0.717) is 17.8 Å². The van der Waals surface area contributed by atoms with E-state index in [4.69, 9.17) is 10.5 Å². The summed E-state index contributed by atoms with van der Waals surface area (Å²) in [6.07, 6.45) is 1.93. The first-order valence-corrected chi connectivity index (χ1v) is 6.18. The van der Waals surface area contributed by atoms with Crippen LogP contribution in [0.3, 0.4) is 0 Å². The molecule has 4 N–H and O–H groups in total. The number of amides is 1. The summed E-state index contributed by atoms with van der Waals surface area (Å²) in [6.45, 7) is 6.12. The summed E-state index contributed by atoms with van der Waals surface area (Å²) in [7, 11) is 0. The maximum Gasteiger partial charge on any atom is 0.256 e. The van der Waals surface area contributed by atoms with E-state index in [9.17, 15) is 4.79 Å². The van der Waals surface area contributed by atoms with E-state index in [1.807, 2.05) is 0 Å². The van der Waals surface area contributed by atoms with E-state index >= 15 is 0 Å². The quantitative estimate of drug-likeness (QED) is 0.743. The van der Waals surface area contributed by atoms with Crippen molar-refractivity contribution in [3.05, 3.63) is 11.3 Å². The van der Waals surface area contributed by atoms with Crippen molar-refractivity contribution in [2.75, 3.05) is 25.5 Å². The van der Waals surface area contributed by atoms with Crippen LogP contribution in [0.2, 0.25) is 0 Å². The van der Waals surface area contributed by atoms with Gasteiger partial charge in [-0.1, -0.05) is 6.92 Å². The minimum Gasteiger partial charge on any atom is -0.382 e. The Hall–Kier alpha value is -1.56. The molecule has 2 heterocycles. The monoisotopic (exact) mass is 252 g/mol. The van der Waals surface area contributed by atoms with Gasteiger partial charge in [0.15, 0.2) is 5.82 Å². The molecule has 1 aliphatic heterocycles. The number of carbonyl (C=O) groups excluding carboxylic acids is 1. The number of anilines is 1. The Morgan fingerprint density at radius 1 is 1.56 bits per heavy atom. The third-order valence-corrected chi connectivity index (χ3v) is 3.58. The van der Waals surface area contributed by atoms with Crippen molar-refractivity contribution in [1.29, 1.82) is 0 Å².